The van der Waals surface area contributed by atoms with Crippen LogP contribution in [0, 0.1) is 18.7 Å². The number of benzene rings is 2. The highest BCUT2D eigenvalue weighted by Gasteiger charge is 2.31. The van der Waals surface area contributed by atoms with Gasteiger partial charge in [0.25, 0.3) is 5.91 Å². The van der Waals surface area contributed by atoms with Crippen LogP contribution in [-0.2, 0) is 4.79 Å². The first-order chi connectivity index (χ1) is 19.3. The Balaban J connectivity index is 1.43. The first-order valence-corrected chi connectivity index (χ1v) is 13.5. The van der Waals surface area contributed by atoms with E-state index in [1.165, 1.54) is 39.5 Å². The van der Waals surface area contributed by atoms with Crippen LogP contribution >= 0.6 is 11.6 Å². The Kier molecular flexibility index (Phi) is 9.52. The number of nitrogens with one attached hydrogen (secondary N) is 2. The van der Waals surface area contributed by atoms with Crippen molar-refractivity contribution in [3.05, 3.63) is 52.4 Å². The van der Waals surface area contributed by atoms with Crippen LogP contribution in [0.1, 0.15) is 54.6 Å². The zero-order valence-corrected chi connectivity index (χ0v) is 23.7. The molecule has 0 saturated heterocycles. The van der Waals surface area contributed by atoms with Crippen LogP contribution in [0.4, 0.5) is 10.1 Å². The predicted molar refractivity (Wildman–Crippen MR) is 149 cm³/mol. The van der Waals surface area contributed by atoms with Crippen molar-refractivity contribution in [1.29, 1.82) is 0 Å². The minimum Gasteiger partial charge on any atom is -0.493 e. The average Bonchev–Trinajstić information content (AvgIpc) is 3.32. The molecule has 1 aliphatic rings. The molecule has 0 spiro atoms. The minimum absolute atomic E-state index is 0.00132. The van der Waals surface area contributed by atoms with Crippen molar-refractivity contribution in [2.75, 3.05) is 26.6 Å². The fraction of sp³-hybridized carbons (Fsp3) is 0.414. The third-order valence-electron chi connectivity index (χ3n) is 7.20. The summed E-state index contributed by atoms with van der Waals surface area (Å²) < 4.78 is 36.0. The summed E-state index contributed by atoms with van der Waals surface area (Å²) in [7, 11) is 4.53. The maximum absolute atomic E-state index is 14.6. The lowest BCUT2D eigenvalue weighted by Gasteiger charge is -2.32. The summed E-state index contributed by atoms with van der Waals surface area (Å²) in [6.07, 6.45) is 4.44. The van der Waals surface area contributed by atoms with Crippen molar-refractivity contribution < 1.29 is 32.7 Å². The minimum atomic E-state index is -0.605. The van der Waals surface area contributed by atoms with Gasteiger partial charge in [-0.25, -0.2) is 4.39 Å². The molecule has 40 heavy (non-hydrogen) atoms. The van der Waals surface area contributed by atoms with Crippen molar-refractivity contribution in [3.63, 3.8) is 0 Å². The first-order valence-electron chi connectivity index (χ1n) is 13.1. The molecular formula is C29H33ClFN3O6. The molecule has 1 aromatic heterocycles. The van der Waals surface area contributed by atoms with Gasteiger partial charge in [-0.05, 0) is 44.2 Å². The van der Waals surface area contributed by atoms with Crippen molar-refractivity contribution in [2.24, 2.45) is 5.92 Å². The molecule has 4 rings (SSSR count). The highest BCUT2D eigenvalue weighted by Crippen LogP contribution is 2.40. The molecule has 9 nitrogen and oxygen atoms in total. The second-order valence-corrected chi connectivity index (χ2v) is 10.1. The standard InChI is InChI=1S/C29H33ClFN3O6/c1-16-25(28(40-34-16)26-19(30)9-7-10-20(26)31)29(36)33-21-11-6-5-8-17(21)12-13-24(35)32-18-14-22(37-2)27(39-4)23(15-18)38-3/h7,9-10,14-15,17,21H,5-6,8,11-13H2,1-4H3,(H,32,35)(H,33,36). The fourth-order valence-electron chi connectivity index (χ4n) is 5.20. The molecule has 0 bridgehead atoms. The Labute approximate surface area is 237 Å². The highest BCUT2D eigenvalue weighted by atomic mass is 35.5. The number of carbonyl (C=O) groups is 2. The normalized spacial score (nSPS) is 16.8. The van der Waals surface area contributed by atoms with E-state index in [0.717, 1.165) is 25.7 Å². The molecule has 2 amide bonds. The molecule has 0 aliphatic heterocycles. The van der Waals surface area contributed by atoms with E-state index in [9.17, 15) is 14.0 Å². The Morgan fingerprint density at radius 2 is 1.80 bits per heavy atom. The third-order valence-corrected chi connectivity index (χ3v) is 7.51. The molecule has 11 heteroatoms. The number of nitrogens with zero attached hydrogens (tertiary/aromatic N) is 1. The van der Waals surface area contributed by atoms with Crippen LogP contribution in [-0.4, -0.2) is 44.3 Å². The van der Waals surface area contributed by atoms with Gasteiger partial charge in [-0.15, -0.1) is 0 Å². The molecule has 2 N–H and O–H groups in total. The average molecular weight is 574 g/mol. The molecule has 214 valence electrons. The summed E-state index contributed by atoms with van der Waals surface area (Å²) in [6, 6.07) is 7.44. The molecule has 1 heterocycles. The third kappa shape index (κ3) is 6.33. The van der Waals surface area contributed by atoms with Gasteiger partial charge in [0.2, 0.25) is 11.7 Å². The Morgan fingerprint density at radius 1 is 1.10 bits per heavy atom. The van der Waals surface area contributed by atoms with Crippen molar-refractivity contribution in [2.45, 2.75) is 51.5 Å². The number of methoxy groups -OCH3 is 3. The largest absolute Gasteiger partial charge is 0.493 e. The van der Waals surface area contributed by atoms with E-state index in [0.29, 0.717) is 35.1 Å². The lowest BCUT2D eigenvalue weighted by Crippen LogP contribution is -2.42. The van der Waals surface area contributed by atoms with E-state index < -0.39 is 11.7 Å². The number of amides is 2. The van der Waals surface area contributed by atoms with E-state index in [1.807, 2.05) is 0 Å². The molecule has 2 unspecified atom stereocenters. The van der Waals surface area contributed by atoms with Gasteiger partial charge < -0.3 is 29.4 Å². The van der Waals surface area contributed by atoms with E-state index in [-0.39, 0.29) is 46.2 Å². The Bertz CT molecular complexity index is 1330. The SMILES string of the molecule is COc1cc(NC(=O)CCC2CCCCC2NC(=O)c2c(C)noc2-c2c(F)cccc2Cl)cc(OC)c1OC. The first kappa shape index (κ1) is 29.2. The molecule has 1 fully saturated rings. The fourth-order valence-corrected chi connectivity index (χ4v) is 5.45. The number of hydrogen-bond acceptors (Lipinski definition) is 7. The number of aromatic nitrogens is 1. The maximum Gasteiger partial charge on any atom is 0.257 e. The summed E-state index contributed by atoms with van der Waals surface area (Å²) in [5.74, 6) is 0.209. The van der Waals surface area contributed by atoms with Crippen LogP contribution < -0.4 is 24.8 Å². The second kappa shape index (κ2) is 13.0. The number of rotatable bonds is 10. The molecule has 1 saturated carbocycles. The zero-order chi connectivity index (χ0) is 28.8. The van der Waals surface area contributed by atoms with E-state index in [1.54, 1.807) is 19.1 Å². The molecule has 2 aromatic carbocycles. The van der Waals surface area contributed by atoms with Crippen LogP contribution in [0.15, 0.2) is 34.9 Å². The Morgan fingerprint density at radius 3 is 2.45 bits per heavy atom. The lowest BCUT2D eigenvalue weighted by molar-refractivity contribution is -0.116. The van der Waals surface area contributed by atoms with Crippen molar-refractivity contribution >= 4 is 29.1 Å². The number of hydrogen-bond donors (Lipinski definition) is 2. The van der Waals surface area contributed by atoms with Gasteiger partial charge in [0.1, 0.15) is 11.4 Å². The summed E-state index contributed by atoms with van der Waals surface area (Å²) in [5, 5.41) is 10.0. The number of carbonyl (C=O) groups excluding carboxylic acids is 2. The number of anilines is 1. The Hall–Kier alpha value is -3.79. The van der Waals surface area contributed by atoms with Gasteiger partial charge in [-0.3, -0.25) is 9.59 Å². The lowest BCUT2D eigenvalue weighted by atomic mass is 9.81. The second-order valence-electron chi connectivity index (χ2n) is 9.69. The molecule has 3 aromatic rings. The number of halogens is 2. The van der Waals surface area contributed by atoms with Gasteiger partial charge in [0, 0.05) is 30.3 Å². The van der Waals surface area contributed by atoms with Crippen LogP contribution in [0.2, 0.25) is 5.02 Å². The molecular weight excluding hydrogens is 541 g/mol. The van der Waals surface area contributed by atoms with E-state index in [4.69, 9.17) is 30.3 Å². The monoisotopic (exact) mass is 573 g/mol. The van der Waals surface area contributed by atoms with Crippen LogP contribution in [0.25, 0.3) is 11.3 Å². The molecule has 2 atom stereocenters. The van der Waals surface area contributed by atoms with Gasteiger partial charge in [0.15, 0.2) is 17.3 Å². The van der Waals surface area contributed by atoms with Crippen molar-refractivity contribution in [3.8, 4) is 28.6 Å². The topological polar surface area (TPSA) is 112 Å². The van der Waals surface area contributed by atoms with Crippen LogP contribution in [0.5, 0.6) is 17.2 Å². The van der Waals surface area contributed by atoms with Gasteiger partial charge in [-0.1, -0.05) is 35.7 Å². The number of ether oxygens (including phenoxy) is 3. The summed E-state index contributed by atoms with van der Waals surface area (Å²) in [5.41, 5.74) is 1.01. The smallest absolute Gasteiger partial charge is 0.257 e. The number of aryl methyl sites for hydroxylation is 1. The maximum atomic E-state index is 14.6. The quantitative estimate of drug-likeness (QED) is 0.298. The molecule has 1 aliphatic carbocycles. The summed E-state index contributed by atoms with van der Waals surface area (Å²) in [6.45, 7) is 1.63. The zero-order valence-electron chi connectivity index (χ0n) is 22.9. The van der Waals surface area contributed by atoms with Crippen LogP contribution in [0.3, 0.4) is 0 Å². The molecule has 0 radical (unpaired) electrons. The predicted octanol–water partition coefficient (Wildman–Crippen LogP) is 6.18. The highest BCUT2D eigenvalue weighted by molar-refractivity contribution is 6.33. The van der Waals surface area contributed by atoms with Crippen molar-refractivity contribution in [1.82, 2.24) is 10.5 Å². The van der Waals surface area contributed by atoms with Gasteiger partial charge >= 0.3 is 0 Å². The summed E-state index contributed by atoms with van der Waals surface area (Å²) in [4.78, 5) is 26.3. The van der Waals surface area contributed by atoms with Gasteiger partial charge in [-0.2, -0.15) is 0 Å². The van der Waals surface area contributed by atoms with Gasteiger partial charge in [0.05, 0.1) is 37.6 Å². The van der Waals surface area contributed by atoms with E-state index in [2.05, 4.69) is 15.8 Å². The summed E-state index contributed by atoms with van der Waals surface area (Å²) >= 11 is 6.23. The van der Waals surface area contributed by atoms with E-state index >= 15 is 0 Å².